The maximum absolute atomic E-state index is 6.27. The summed E-state index contributed by atoms with van der Waals surface area (Å²) in [6.45, 7) is 2.62. The minimum Gasteiger partial charge on any atom is -0.481 e. The lowest BCUT2D eigenvalue weighted by molar-refractivity contribution is 0.397. The predicted octanol–water partition coefficient (Wildman–Crippen LogP) is 3.79. The number of ether oxygens (including phenoxy) is 1. The van der Waals surface area contributed by atoms with Crippen LogP contribution in [0.25, 0.3) is 11.0 Å². The zero-order chi connectivity index (χ0) is 14.8. The molecule has 4 nitrogen and oxygen atoms in total. The number of hydrogen-bond donors (Lipinski definition) is 0. The molecule has 0 aliphatic carbocycles. The second-order valence-corrected chi connectivity index (χ2v) is 5.52. The van der Waals surface area contributed by atoms with Crippen LogP contribution in [0.3, 0.4) is 0 Å². The van der Waals surface area contributed by atoms with Crippen molar-refractivity contribution in [3.63, 3.8) is 0 Å². The quantitative estimate of drug-likeness (QED) is 0.688. The molecule has 0 bridgehead atoms. The van der Waals surface area contributed by atoms with Crippen LogP contribution in [-0.4, -0.2) is 21.6 Å². The first-order valence-corrected chi connectivity index (χ1v) is 7.21. The number of rotatable bonds is 4. The van der Waals surface area contributed by atoms with Gasteiger partial charge in [0, 0.05) is 12.3 Å². The summed E-state index contributed by atoms with van der Waals surface area (Å²) in [6.07, 6.45) is 1.82. The summed E-state index contributed by atoms with van der Waals surface area (Å²) in [6, 6.07) is 11.9. The molecule has 2 heterocycles. The van der Waals surface area contributed by atoms with E-state index >= 15 is 0 Å². The van der Waals surface area contributed by atoms with Crippen molar-refractivity contribution in [3.05, 3.63) is 54.0 Å². The normalized spacial score (nSPS) is 12.5. The molecule has 0 saturated heterocycles. The number of alkyl halides is 1. The number of benzene rings is 1. The molecule has 0 aliphatic rings. The van der Waals surface area contributed by atoms with Crippen molar-refractivity contribution in [1.82, 2.24) is 14.5 Å². The molecule has 0 N–H and O–H groups in total. The molecule has 3 rings (SSSR count). The molecule has 2 aromatic heterocycles. The molecule has 1 atom stereocenters. The van der Waals surface area contributed by atoms with E-state index in [1.165, 1.54) is 0 Å². The van der Waals surface area contributed by atoms with Gasteiger partial charge in [-0.25, -0.2) is 9.97 Å². The van der Waals surface area contributed by atoms with Crippen LogP contribution in [0.15, 0.2) is 42.6 Å². The standard InChI is InChI=1S/C16H16ClN3O/c1-11(17)16-19-13-5-3-4-6-14(13)20(16)10-12-7-8-15(21-2)18-9-12/h3-9,11H,10H2,1-2H3. The van der Waals surface area contributed by atoms with Gasteiger partial charge in [-0.05, 0) is 24.6 Å². The van der Waals surface area contributed by atoms with E-state index < -0.39 is 0 Å². The van der Waals surface area contributed by atoms with E-state index in [9.17, 15) is 0 Å². The van der Waals surface area contributed by atoms with Gasteiger partial charge in [0.25, 0.3) is 0 Å². The first-order valence-electron chi connectivity index (χ1n) is 6.77. The number of methoxy groups -OCH3 is 1. The zero-order valence-corrected chi connectivity index (χ0v) is 12.7. The lowest BCUT2D eigenvalue weighted by atomic mass is 10.2. The van der Waals surface area contributed by atoms with Gasteiger partial charge in [0.2, 0.25) is 5.88 Å². The summed E-state index contributed by atoms with van der Waals surface area (Å²) >= 11 is 6.27. The number of fused-ring (bicyclic) bond motifs is 1. The third kappa shape index (κ3) is 2.72. The van der Waals surface area contributed by atoms with E-state index in [2.05, 4.69) is 20.6 Å². The van der Waals surface area contributed by atoms with Crippen LogP contribution in [0.4, 0.5) is 0 Å². The maximum atomic E-state index is 6.27. The van der Waals surface area contributed by atoms with Gasteiger partial charge in [0.05, 0.1) is 30.1 Å². The average molecular weight is 302 g/mol. The minimum atomic E-state index is -0.149. The second-order valence-electron chi connectivity index (χ2n) is 4.87. The summed E-state index contributed by atoms with van der Waals surface area (Å²) in [7, 11) is 1.61. The molecule has 0 fully saturated rings. The summed E-state index contributed by atoms with van der Waals surface area (Å²) < 4.78 is 7.22. The average Bonchev–Trinajstić information content (AvgIpc) is 2.87. The van der Waals surface area contributed by atoms with Crippen molar-refractivity contribution in [2.24, 2.45) is 0 Å². The summed E-state index contributed by atoms with van der Waals surface area (Å²) in [5, 5.41) is -0.149. The van der Waals surface area contributed by atoms with Gasteiger partial charge in [0.1, 0.15) is 5.82 Å². The number of para-hydroxylation sites is 2. The molecule has 3 aromatic rings. The molecule has 0 amide bonds. The summed E-state index contributed by atoms with van der Waals surface area (Å²) in [5.74, 6) is 1.48. The minimum absolute atomic E-state index is 0.149. The Labute approximate surface area is 128 Å². The van der Waals surface area contributed by atoms with Gasteiger partial charge in [-0.15, -0.1) is 11.6 Å². The van der Waals surface area contributed by atoms with Gasteiger partial charge in [-0.2, -0.15) is 0 Å². The van der Waals surface area contributed by atoms with Crippen molar-refractivity contribution >= 4 is 22.6 Å². The molecule has 0 spiro atoms. The molecule has 0 saturated carbocycles. The van der Waals surface area contributed by atoms with Crippen molar-refractivity contribution in [2.45, 2.75) is 18.8 Å². The highest BCUT2D eigenvalue weighted by molar-refractivity contribution is 6.20. The topological polar surface area (TPSA) is 39.9 Å². The molecule has 108 valence electrons. The second kappa shape index (κ2) is 5.74. The third-order valence-corrected chi connectivity index (χ3v) is 3.58. The van der Waals surface area contributed by atoms with E-state index in [0.29, 0.717) is 12.4 Å². The van der Waals surface area contributed by atoms with E-state index in [0.717, 1.165) is 22.4 Å². The van der Waals surface area contributed by atoms with Crippen molar-refractivity contribution in [3.8, 4) is 5.88 Å². The number of hydrogen-bond acceptors (Lipinski definition) is 3. The van der Waals surface area contributed by atoms with Crippen LogP contribution in [0.5, 0.6) is 5.88 Å². The predicted molar refractivity (Wildman–Crippen MR) is 83.9 cm³/mol. The number of imidazole rings is 1. The van der Waals surface area contributed by atoms with Crippen molar-refractivity contribution in [2.75, 3.05) is 7.11 Å². The van der Waals surface area contributed by atoms with E-state index in [1.807, 2.05) is 43.5 Å². The smallest absolute Gasteiger partial charge is 0.212 e. The fraction of sp³-hybridized carbons (Fsp3) is 0.250. The number of aromatic nitrogens is 3. The third-order valence-electron chi connectivity index (χ3n) is 3.39. The Morgan fingerprint density at radius 2 is 2.05 bits per heavy atom. The highest BCUT2D eigenvalue weighted by Crippen LogP contribution is 2.25. The molecule has 0 aliphatic heterocycles. The zero-order valence-electron chi connectivity index (χ0n) is 12.0. The van der Waals surface area contributed by atoms with Gasteiger partial charge < -0.3 is 9.30 Å². The SMILES string of the molecule is COc1ccc(Cn2c(C(C)Cl)nc3ccccc32)cn1. The molecule has 5 heteroatoms. The molecule has 0 radical (unpaired) electrons. The van der Waals surface area contributed by atoms with Crippen LogP contribution in [0.2, 0.25) is 0 Å². The molecular formula is C16H16ClN3O. The number of nitrogens with zero attached hydrogens (tertiary/aromatic N) is 3. The van der Waals surface area contributed by atoms with Gasteiger partial charge in [0.15, 0.2) is 0 Å². The van der Waals surface area contributed by atoms with Crippen LogP contribution in [0.1, 0.15) is 23.7 Å². The lowest BCUT2D eigenvalue weighted by Gasteiger charge is -2.10. The molecule has 1 aromatic carbocycles. The summed E-state index contributed by atoms with van der Waals surface area (Å²) in [4.78, 5) is 8.87. The number of pyridine rings is 1. The summed E-state index contributed by atoms with van der Waals surface area (Å²) in [5.41, 5.74) is 3.12. The van der Waals surface area contributed by atoms with Gasteiger partial charge in [-0.1, -0.05) is 18.2 Å². The van der Waals surface area contributed by atoms with Crippen molar-refractivity contribution in [1.29, 1.82) is 0 Å². The lowest BCUT2D eigenvalue weighted by Crippen LogP contribution is -2.06. The fourth-order valence-corrected chi connectivity index (χ4v) is 2.54. The molecule has 21 heavy (non-hydrogen) atoms. The Balaban J connectivity index is 2.03. The number of halogens is 1. The fourth-order valence-electron chi connectivity index (χ4n) is 2.37. The maximum Gasteiger partial charge on any atom is 0.212 e. The Kier molecular flexibility index (Phi) is 3.80. The van der Waals surface area contributed by atoms with E-state index in [1.54, 1.807) is 7.11 Å². The van der Waals surface area contributed by atoms with E-state index in [-0.39, 0.29) is 5.38 Å². The Hall–Kier alpha value is -2.07. The van der Waals surface area contributed by atoms with E-state index in [4.69, 9.17) is 16.3 Å². The molecular weight excluding hydrogens is 286 g/mol. The highest BCUT2D eigenvalue weighted by atomic mass is 35.5. The van der Waals surface area contributed by atoms with Crippen LogP contribution in [-0.2, 0) is 6.54 Å². The Morgan fingerprint density at radius 1 is 1.24 bits per heavy atom. The Bertz CT molecular complexity index is 750. The van der Waals surface area contributed by atoms with Crippen LogP contribution >= 0.6 is 11.6 Å². The largest absolute Gasteiger partial charge is 0.481 e. The Morgan fingerprint density at radius 3 is 2.71 bits per heavy atom. The highest BCUT2D eigenvalue weighted by Gasteiger charge is 2.14. The van der Waals surface area contributed by atoms with Gasteiger partial charge >= 0.3 is 0 Å². The van der Waals surface area contributed by atoms with Gasteiger partial charge in [-0.3, -0.25) is 0 Å². The molecule has 1 unspecified atom stereocenters. The first kappa shape index (κ1) is 13.9. The van der Waals surface area contributed by atoms with Crippen LogP contribution < -0.4 is 4.74 Å². The monoisotopic (exact) mass is 301 g/mol. The first-order chi connectivity index (χ1) is 10.2. The van der Waals surface area contributed by atoms with Crippen LogP contribution in [0, 0.1) is 0 Å². The van der Waals surface area contributed by atoms with Crippen molar-refractivity contribution < 1.29 is 4.74 Å².